The molecular formula is C18H31N3O5S. The van der Waals surface area contributed by atoms with Gasteiger partial charge in [-0.3, -0.25) is 4.79 Å². The number of carbonyl (C=O) groups is 1. The molecule has 0 spiro atoms. The van der Waals surface area contributed by atoms with E-state index in [0.717, 1.165) is 26.1 Å². The van der Waals surface area contributed by atoms with Crippen molar-refractivity contribution < 1.29 is 22.7 Å². The Morgan fingerprint density at radius 2 is 1.81 bits per heavy atom. The molecule has 27 heavy (non-hydrogen) atoms. The fraction of sp³-hybridized carbons (Fsp3) is 0.611. The van der Waals surface area contributed by atoms with Crippen LogP contribution in [0.4, 0.5) is 0 Å². The Kier molecular flexibility index (Phi) is 10.1. The van der Waals surface area contributed by atoms with Crippen molar-refractivity contribution in [2.75, 3.05) is 52.7 Å². The van der Waals surface area contributed by atoms with Crippen LogP contribution < -0.4 is 19.5 Å². The molecule has 0 radical (unpaired) electrons. The zero-order valence-corrected chi connectivity index (χ0v) is 17.4. The van der Waals surface area contributed by atoms with E-state index in [9.17, 15) is 13.2 Å². The van der Waals surface area contributed by atoms with Crippen molar-refractivity contribution in [3.05, 3.63) is 23.8 Å². The van der Waals surface area contributed by atoms with E-state index in [4.69, 9.17) is 9.47 Å². The first-order valence-electron chi connectivity index (χ1n) is 9.06. The molecule has 0 aliphatic rings. The molecule has 0 atom stereocenters. The lowest BCUT2D eigenvalue weighted by Gasteiger charge is -2.17. The predicted octanol–water partition coefficient (Wildman–Crippen LogP) is 1.08. The molecule has 1 rings (SSSR count). The number of carbonyl (C=O) groups excluding carboxylic acids is 1. The van der Waals surface area contributed by atoms with Crippen LogP contribution in [-0.4, -0.2) is 71.9 Å². The van der Waals surface area contributed by atoms with Crippen LogP contribution in [0.1, 0.15) is 30.6 Å². The second-order valence-electron chi connectivity index (χ2n) is 5.92. The van der Waals surface area contributed by atoms with Crippen molar-refractivity contribution in [3.8, 4) is 11.5 Å². The second-order valence-corrected chi connectivity index (χ2v) is 7.84. The van der Waals surface area contributed by atoms with Gasteiger partial charge in [0.05, 0.1) is 25.5 Å². The van der Waals surface area contributed by atoms with Gasteiger partial charge in [0.15, 0.2) is 0 Å². The summed E-state index contributed by atoms with van der Waals surface area (Å²) >= 11 is 0. The van der Waals surface area contributed by atoms with Crippen molar-refractivity contribution in [1.29, 1.82) is 0 Å². The van der Waals surface area contributed by atoms with E-state index in [1.165, 1.54) is 14.2 Å². The van der Waals surface area contributed by atoms with Crippen molar-refractivity contribution in [3.63, 3.8) is 0 Å². The maximum Gasteiger partial charge on any atom is 0.255 e. The number of nitrogens with zero attached hydrogens (tertiary/aromatic N) is 1. The molecule has 0 aliphatic carbocycles. The third-order valence-corrected chi connectivity index (χ3v) is 5.56. The molecule has 154 valence electrons. The van der Waals surface area contributed by atoms with Crippen LogP contribution in [0, 0.1) is 0 Å². The summed E-state index contributed by atoms with van der Waals surface area (Å²) in [6.45, 7) is 7.30. The Bertz CT molecular complexity index is 690. The lowest BCUT2D eigenvalue weighted by atomic mass is 10.2. The zero-order valence-electron chi connectivity index (χ0n) is 16.6. The number of ether oxygens (including phenoxy) is 2. The van der Waals surface area contributed by atoms with Gasteiger partial charge in [-0.25, -0.2) is 13.1 Å². The Morgan fingerprint density at radius 1 is 1.11 bits per heavy atom. The van der Waals surface area contributed by atoms with Gasteiger partial charge in [-0.2, -0.15) is 0 Å². The number of benzene rings is 1. The molecule has 0 heterocycles. The quantitative estimate of drug-likeness (QED) is 0.480. The normalized spacial score (nSPS) is 11.4. The fourth-order valence-electron chi connectivity index (χ4n) is 2.52. The lowest BCUT2D eigenvalue weighted by molar-refractivity contribution is 0.0953. The third-order valence-electron chi connectivity index (χ3n) is 4.18. The van der Waals surface area contributed by atoms with Gasteiger partial charge in [0.25, 0.3) is 5.91 Å². The summed E-state index contributed by atoms with van der Waals surface area (Å²) in [6, 6.07) is 4.82. The smallest absolute Gasteiger partial charge is 0.255 e. The lowest BCUT2D eigenvalue weighted by Crippen LogP contribution is -2.36. The first kappa shape index (κ1) is 23.2. The molecule has 0 saturated carbocycles. The van der Waals surface area contributed by atoms with E-state index in [-0.39, 0.29) is 12.3 Å². The van der Waals surface area contributed by atoms with Crippen LogP contribution in [0.15, 0.2) is 18.2 Å². The average Bonchev–Trinajstić information content (AvgIpc) is 2.67. The number of methoxy groups -OCH3 is 2. The Hall–Kier alpha value is -1.84. The van der Waals surface area contributed by atoms with Crippen LogP contribution in [-0.2, 0) is 10.0 Å². The standard InChI is InChI=1S/C18H31N3O5S/c1-5-21(6-2)12-7-10-20-27(23,24)13-11-19-18(22)16-9-8-15(25-3)14-17(16)26-4/h8-9,14,20H,5-7,10-13H2,1-4H3,(H,19,22). The third kappa shape index (κ3) is 8.15. The maximum atomic E-state index is 12.3. The highest BCUT2D eigenvalue weighted by Gasteiger charge is 2.15. The van der Waals surface area contributed by atoms with E-state index in [1.807, 2.05) is 0 Å². The summed E-state index contributed by atoms with van der Waals surface area (Å²) in [5.41, 5.74) is 0.322. The van der Waals surface area contributed by atoms with Gasteiger partial charge in [-0.05, 0) is 38.2 Å². The summed E-state index contributed by atoms with van der Waals surface area (Å²) in [6.07, 6.45) is 0.746. The van der Waals surface area contributed by atoms with Crippen LogP contribution in [0.25, 0.3) is 0 Å². The van der Waals surface area contributed by atoms with E-state index >= 15 is 0 Å². The highest BCUT2D eigenvalue weighted by Crippen LogP contribution is 2.24. The maximum absolute atomic E-state index is 12.3. The molecule has 0 aliphatic heterocycles. The average molecular weight is 402 g/mol. The highest BCUT2D eigenvalue weighted by atomic mass is 32.2. The minimum absolute atomic E-state index is 0.0133. The second kappa shape index (κ2) is 11.8. The molecule has 1 aromatic carbocycles. The van der Waals surface area contributed by atoms with Crippen molar-refractivity contribution in [1.82, 2.24) is 14.9 Å². The van der Waals surface area contributed by atoms with Gasteiger partial charge >= 0.3 is 0 Å². The summed E-state index contributed by atoms with van der Waals surface area (Å²) in [4.78, 5) is 14.5. The number of sulfonamides is 1. The topological polar surface area (TPSA) is 97.0 Å². The number of hydrogen-bond donors (Lipinski definition) is 2. The van der Waals surface area contributed by atoms with Gasteiger partial charge < -0.3 is 19.7 Å². The molecular weight excluding hydrogens is 370 g/mol. The van der Waals surface area contributed by atoms with Gasteiger partial charge in [-0.15, -0.1) is 0 Å². The fourth-order valence-corrected chi connectivity index (χ4v) is 3.49. The van der Waals surface area contributed by atoms with Crippen molar-refractivity contribution in [2.24, 2.45) is 0 Å². The van der Waals surface area contributed by atoms with Crippen LogP contribution >= 0.6 is 0 Å². The first-order chi connectivity index (χ1) is 12.9. The molecule has 1 aromatic rings. The minimum atomic E-state index is -3.43. The molecule has 0 bridgehead atoms. The molecule has 1 amide bonds. The summed E-state index contributed by atoms with van der Waals surface area (Å²) in [7, 11) is -0.453. The first-order valence-corrected chi connectivity index (χ1v) is 10.7. The zero-order chi connectivity index (χ0) is 20.3. The van der Waals surface area contributed by atoms with E-state index in [1.54, 1.807) is 18.2 Å². The van der Waals surface area contributed by atoms with E-state index in [2.05, 4.69) is 28.8 Å². The summed E-state index contributed by atoms with van der Waals surface area (Å²) < 4.78 is 36.9. The Balaban J connectivity index is 2.44. The number of amides is 1. The minimum Gasteiger partial charge on any atom is -0.497 e. The molecule has 0 unspecified atom stereocenters. The van der Waals surface area contributed by atoms with Crippen LogP contribution in [0.3, 0.4) is 0 Å². The number of hydrogen-bond acceptors (Lipinski definition) is 6. The van der Waals surface area contributed by atoms with E-state index in [0.29, 0.717) is 23.6 Å². The molecule has 0 aromatic heterocycles. The van der Waals surface area contributed by atoms with Crippen LogP contribution in [0.2, 0.25) is 0 Å². The number of nitrogens with one attached hydrogen (secondary N) is 2. The predicted molar refractivity (Wildman–Crippen MR) is 106 cm³/mol. The van der Waals surface area contributed by atoms with E-state index < -0.39 is 15.9 Å². The number of rotatable bonds is 13. The summed E-state index contributed by atoms with van der Waals surface area (Å²) in [5.74, 6) is 0.359. The Morgan fingerprint density at radius 3 is 2.41 bits per heavy atom. The Labute approximate surface area is 162 Å². The van der Waals surface area contributed by atoms with Crippen molar-refractivity contribution >= 4 is 15.9 Å². The van der Waals surface area contributed by atoms with Crippen LogP contribution in [0.5, 0.6) is 11.5 Å². The monoisotopic (exact) mass is 401 g/mol. The van der Waals surface area contributed by atoms with Gasteiger partial charge in [0.1, 0.15) is 11.5 Å². The largest absolute Gasteiger partial charge is 0.497 e. The van der Waals surface area contributed by atoms with Gasteiger partial charge in [-0.1, -0.05) is 13.8 Å². The molecule has 9 heteroatoms. The molecule has 0 saturated heterocycles. The molecule has 0 fully saturated rings. The van der Waals surface area contributed by atoms with Crippen molar-refractivity contribution in [2.45, 2.75) is 20.3 Å². The highest BCUT2D eigenvalue weighted by molar-refractivity contribution is 7.89. The SMILES string of the molecule is CCN(CC)CCCNS(=O)(=O)CCNC(=O)c1ccc(OC)cc1OC. The molecule has 2 N–H and O–H groups in total. The molecule has 8 nitrogen and oxygen atoms in total. The van der Waals surface area contributed by atoms with Gasteiger partial charge in [0, 0.05) is 19.2 Å². The van der Waals surface area contributed by atoms with Gasteiger partial charge in [0.2, 0.25) is 10.0 Å². The summed E-state index contributed by atoms with van der Waals surface area (Å²) in [5, 5.41) is 2.61.